The van der Waals surface area contributed by atoms with Crippen molar-refractivity contribution in [3.63, 3.8) is 0 Å². The van der Waals surface area contributed by atoms with Gasteiger partial charge in [0.05, 0.1) is 5.92 Å². The lowest BCUT2D eigenvalue weighted by molar-refractivity contribution is -0.120. The van der Waals surface area contributed by atoms with Gasteiger partial charge in [0.15, 0.2) is 0 Å². The fraction of sp³-hybridized carbons (Fsp3) is 0.417. The highest BCUT2D eigenvalue weighted by atomic mass is 16.2. The Morgan fingerprint density at radius 2 is 2.00 bits per heavy atom. The molecule has 1 amide bonds. The normalized spacial score (nSPS) is 29.5. The second kappa shape index (κ2) is 3.07. The van der Waals surface area contributed by atoms with Crippen molar-refractivity contribution in [1.29, 1.82) is 0 Å². The van der Waals surface area contributed by atoms with Crippen LogP contribution in [0.15, 0.2) is 24.3 Å². The van der Waals surface area contributed by atoms with Gasteiger partial charge in [0, 0.05) is 24.7 Å². The van der Waals surface area contributed by atoms with Crippen LogP contribution in [0.2, 0.25) is 0 Å². The van der Waals surface area contributed by atoms with Gasteiger partial charge in [-0.2, -0.15) is 0 Å². The first-order chi connectivity index (χ1) is 7.25. The second-order valence-electron chi connectivity index (χ2n) is 4.51. The van der Waals surface area contributed by atoms with Crippen LogP contribution in [-0.4, -0.2) is 30.9 Å². The zero-order chi connectivity index (χ0) is 10.4. The van der Waals surface area contributed by atoms with Crippen molar-refractivity contribution < 1.29 is 4.79 Å². The van der Waals surface area contributed by atoms with Crippen LogP contribution >= 0.6 is 0 Å². The molecule has 1 aromatic rings. The van der Waals surface area contributed by atoms with Crippen molar-refractivity contribution in [2.75, 3.05) is 25.5 Å². The molecule has 0 aliphatic carbocycles. The molecule has 15 heavy (non-hydrogen) atoms. The van der Waals surface area contributed by atoms with E-state index in [1.165, 1.54) is 5.56 Å². The van der Waals surface area contributed by atoms with E-state index in [0.717, 1.165) is 18.8 Å². The summed E-state index contributed by atoms with van der Waals surface area (Å²) in [5.74, 6) is 0.716. The zero-order valence-electron chi connectivity index (χ0n) is 8.73. The molecule has 0 saturated carbocycles. The average molecular weight is 202 g/mol. The standard InChI is InChI=1S/C12H14N2O/c1-14-6-9-8-4-2-3-5-11(8)13-12(15)10(9)7-14/h2-5,9-10H,6-7H2,1H3,(H,13,15)/t9-,10+/m0/s1. The maximum Gasteiger partial charge on any atom is 0.229 e. The molecule has 1 N–H and O–H groups in total. The quantitative estimate of drug-likeness (QED) is 0.687. The van der Waals surface area contributed by atoms with Gasteiger partial charge in [-0.05, 0) is 18.7 Å². The minimum atomic E-state index is 0.143. The Balaban J connectivity index is 2.08. The SMILES string of the molecule is CN1C[C@H]2C(=O)Nc3ccccc3[C@@H]2C1. The molecule has 0 unspecified atom stereocenters. The highest BCUT2D eigenvalue weighted by molar-refractivity contribution is 5.97. The number of hydrogen-bond donors (Lipinski definition) is 1. The number of likely N-dealkylation sites (tertiary alicyclic amines) is 1. The molecule has 78 valence electrons. The maximum atomic E-state index is 11.8. The number of likely N-dealkylation sites (N-methyl/N-ethyl adjacent to an activating group) is 1. The van der Waals surface area contributed by atoms with E-state index < -0.39 is 0 Å². The third-order valence-corrected chi connectivity index (χ3v) is 3.46. The van der Waals surface area contributed by atoms with Gasteiger partial charge >= 0.3 is 0 Å². The Bertz CT molecular complexity index is 416. The molecule has 3 heteroatoms. The van der Waals surface area contributed by atoms with E-state index in [1.54, 1.807) is 0 Å². The maximum absolute atomic E-state index is 11.8. The number of carbonyl (C=O) groups is 1. The van der Waals surface area contributed by atoms with E-state index in [2.05, 4.69) is 23.3 Å². The van der Waals surface area contributed by atoms with Crippen molar-refractivity contribution in [2.24, 2.45) is 5.92 Å². The van der Waals surface area contributed by atoms with Gasteiger partial charge < -0.3 is 10.2 Å². The number of anilines is 1. The Morgan fingerprint density at radius 3 is 2.87 bits per heavy atom. The lowest BCUT2D eigenvalue weighted by Gasteiger charge is -2.26. The van der Waals surface area contributed by atoms with E-state index in [9.17, 15) is 4.79 Å². The Morgan fingerprint density at radius 1 is 1.27 bits per heavy atom. The number of hydrogen-bond acceptors (Lipinski definition) is 2. The summed E-state index contributed by atoms with van der Waals surface area (Å²) in [4.78, 5) is 14.1. The highest BCUT2D eigenvalue weighted by Gasteiger charge is 2.41. The van der Waals surface area contributed by atoms with Gasteiger partial charge in [-0.25, -0.2) is 0 Å². The third-order valence-electron chi connectivity index (χ3n) is 3.46. The summed E-state index contributed by atoms with van der Waals surface area (Å²) in [6, 6.07) is 8.14. The molecule has 1 aromatic carbocycles. The molecule has 2 atom stereocenters. The molecule has 1 saturated heterocycles. The molecule has 1 fully saturated rings. The van der Waals surface area contributed by atoms with E-state index in [0.29, 0.717) is 5.92 Å². The van der Waals surface area contributed by atoms with Gasteiger partial charge in [-0.15, -0.1) is 0 Å². The van der Waals surface area contributed by atoms with Crippen molar-refractivity contribution in [3.05, 3.63) is 29.8 Å². The number of nitrogens with one attached hydrogen (secondary N) is 1. The van der Waals surface area contributed by atoms with Crippen LogP contribution in [0.1, 0.15) is 11.5 Å². The summed E-state index contributed by atoms with van der Waals surface area (Å²) in [7, 11) is 2.08. The molecule has 2 aliphatic rings. The fourth-order valence-electron chi connectivity index (χ4n) is 2.74. The summed E-state index contributed by atoms with van der Waals surface area (Å²) >= 11 is 0. The molecule has 0 spiro atoms. The van der Waals surface area contributed by atoms with Gasteiger partial charge in [0.1, 0.15) is 0 Å². The van der Waals surface area contributed by atoms with Gasteiger partial charge in [0.2, 0.25) is 5.91 Å². The number of carbonyl (C=O) groups excluding carboxylic acids is 1. The number of rotatable bonds is 0. The van der Waals surface area contributed by atoms with Crippen molar-refractivity contribution in [2.45, 2.75) is 5.92 Å². The van der Waals surface area contributed by atoms with Crippen LogP contribution < -0.4 is 5.32 Å². The van der Waals surface area contributed by atoms with E-state index in [4.69, 9.17) is 0 Å². The molecule has 0 bridgehead atoms. The molecule has 3 nitrogen and oxygen atoms in total. The van der Waals surface area contributed by atoms with Gasteiger partial charge in [-0.3, -0.25) is 4.79 Å². The fourth-order valence-corrected chi connectivity index (χ4v) is 2.74. The first-order valence-corrected chi connectivity index (χ1v) is 5.34. The topological polar surface area (TPSA) is 32.3 Å². The number of fused-ring (bicyclic) bond motifs is 3. The molecular formula is C12H14N2O. The number of nitrogens with zero attached hydrogens (tertiary/aromatic N) is 1. The van der Waals surface area contributed by atoms with E-state index in [-0.39, 0.29) is 11.8 Å². The van der Waals surface area contributed by atoms with E-state index in [1.807, 2.05) is 18.2 Å². The lowest BCUT2D eigenvalue weighted by atomic mass is 9.84. The summed E-state index contributed by atoms with van der Waals surface area (Å²) in [6.07, 6.45) is 0. The molecule has 0 aromatic heterocycles. The minimum absolute atomic E-state index is 0.143. The van der Waals surface area contributed by atoms with Crippen LogP contribution in [0.25, 0.3) is 0 Å². The van der Waals surface area contributed by atoms with Gasteiger partial charge in [0.25, 0.3) is 0 Å². The van der Waals surface area contributed by atoms with Crippen LogP contribution in [0.5, 0.6) is 0 Å². The van der Waals surface area contributed by atoms with Crippen LogP contribution in [0, 0.1) is 5.92 Å². The molecule has 0 radical (unpaired) electrons. The average Bonchev–Trinajstić information content (AvgIpc) is 2.61. The summed E-state index contributed by atoms with van der Waals surface area (Å²) < 4.78 is 0. The first kappa shape index (κ1) is 8.92. The predicted octanol–water partition coefficient (Wildman–Crippen LogP) is 1.28. The number of para-hydroxylation sites is 1. The largest absolute Gasteiger partial charge is 0.326 e. The Labute approximate surface area is 89.1 Å². The smallest absolute Gasteiger partial charge is 0.229 e. The number of benzene rings is 1. The Kier molecular flexibility index (Phi) is 1.83. The first-order valence-electron chi connectivity index (χ1n) is 5.34. The van der Waals surface area contributed by atoms with Crippen LogP contribution in [0.4, 0.5) is 5.69 Å². The molecule has 3 rings (SSSR count). The summed E-state index contributed by atoms with van der Waals surface area (Å²) in [5, 5.41) is 2.99. The van der Waals surface area contributed by atoms with Crippen LogP contribution in [-0.2, 0) is 4.79 Å². The van der Waals surface area contributed by atoms with Crippen molar-refractivity contribution in [3.8, 4) is 0 Å². The van der Waals surface area contributed by atoms with Crippen molar-refractivity contribution in [1.82, 2.24) is 4.90 Å². The summed E-state index contributed by atoms with van der Waals surface area (Å²) in [6.45, 7) is 1.87. The lowest BCUT2D eigenvalue weighted by Crippen LogP contribution is -2.32. The summed E-state index contributed by atoms with van der Waals surface area (Å²) in [5.41, 5.74) is 2.30. The van der Waals surface area contributed by atoms with E-state index >= 15 is 0 Å². The zero-order valence-corrected chi connectivity index (χ0v) is 8.73. The van der Waals surface area contributed by atoms with Gasteiger partial charge in [-0.1, -0.05) is 18.2 Å². The molecule has 2 heterocycles. The van der Waals surface area contributed by atoms with Crippen molar-refractivity contribution >= 4 is 11.6 Å². The molecule has 2 aliphatic heterocycles. The predicted molar refractivity (Wildman–Crippen MR) is 58.8 cm³/mol. The number of amides is 1. The molecular weight excluding hydrogens is 188 g/mol. The minimum Gasteiger partial charge on any atom is -0.326 e. The van der Waals surface area contributed by atoms with Crippen LogP contribution in [0.3, 0.4) is 0 Å². The Hall–Kier alpha value is -1.35. The second-order valence-corrected chi connectivity index (χ2v) is 4.51. The highest BCUT2D eigenvalue weighted by Crippen LogP contribution is 2.39. The third kappa shape index (κ3) is 1.27. The monoisotopic (exact) mass is 202 g/mol.